The van der Waals surface area contributed by atoms with E-state index in [-0.39, 0.29) is 30.8 Å². The molecule has 2 rings (SSSR count). The number of ether oxygens (including phenoxy) is 2. The predicted octanol–water partition coefficient (Wildman–Crippen LogP) is -3.49. The van der Waals surface area contributed by atoms with Crippen molar-refractivity contribution in [3.8, 4) is 11.5 Å². The van der Waals surface area contributed by atoms with E-state index in [2.05, 4.69) is 10.2 Å². The maximum atomic E-state index is 5.51. The van der Waals surface area contributed by atoms with Gasteiger partial charge in [0.25, 0.3) is 0 Å². The number of amidine groups is 1. The van der Waals surface area contributed by atoms with Crippen LogP contribution in [0.4, 0.5) is 0 Å². The van der Waals surface area contributed by atoms with Crippen LogP contribution in [-0.4, -0.2) is 24.4 Å². The molecule has 0 aromatic heterocycles. The number of halogens is 1. The highest BCUT2D eigenvalue weighted by molar-refractivity contribution is 8.13. The van der Waals surface area contributed by atoms with E-state index in [0.29, 0.717) is 5.17 Å². The molecule has 0 spiro atoms. The summed E-state index contributed by atoms with van der Waals surface area (Å²) in [5.74, 6) is 1.52. The van der Waals surface area contributed by atoms with Crippen LogP contribution in [0.2, 0.25) is 0 Å². The third-order valence-electron chi connectivity index (χ3n) is 2.01. The molecule has 1 aromatic rings. The Hall–Kier alpha value is -0.960. The highest BCUT2D eigenvalue weighted by Crippen LogP contribution is 2.31. The Balaban J connectivity index is 0.00000144. The Kier molecular flexibility index (Phi) is 5.56. The highest BCUT2D eigenvalue weighted by atomic mass is 127. The summed E-state index contributed by atoms with van der Waals surface area (Å²) >= 11 is 1.38. The van der Waals surface area contributed by atoms with E-state index in [1.807, 2.05) is 24.5 Å². The number of nitrogens with zero attached hydrogens (tertiary/aromatic N) is 1. The fraction of sp³-hybridized carbons (Fsp3) is 0.200. The molecule has 0 saturated heterocycles. The first-order valence-corrected chi connectivity index (χ1v) is 5.87. The lowest BCUT2D eigenvalue weighted by Gasteiger charge is -1.94. The molecule has 0 aliphatic carbocycles. The Morgan fingerprint density at radius 1 is 1.47 bits per heavy atom. The van der Waals surface area contributed by atoms with Crippen LogP contribution in [0.25, 0.3) is 0 Å². The van der Waals surface area contributed by atoms with Crippen molar-refractivity contribution < 1.29 is 38.6 Å². The van der Waals surface area contributed by atoms with Crippen LogP contribution < -0.4 is 44.3 Å². The second-order valence-electron chi connectivity index (χ2n) is 3.04. The zero-order valence-electron chi connectivity index (χ0n) is 9.14. The van der Waals surface area contributed by atoms with E-state index < -0.39 is 0 Å². The van der Waals surface area contributed by atoms with Gasteiger partial charge in [0.2, 0.25) is 18.2 Å². The summed E-state index contributed by atoms with van der Waals surface area (Å²) in [6.07, 6.45) is 3.60. The lowest BCUT2D eigenvalue weighted by atomic mass is 10.2. The van der Waals surface area contributed by atoms with Crippen LogP contribution >= 0.6 is 11.8 Å². The van der Waals surface area contributed by atoms with Gasteiger partial charge >= 0.3 is 0 Å². The third kappa shape index (κ3) is 3.77. The average molecular weight is 365 g/mol. The molecule has 1 aliphatic rings. The number of hydrogen-bond acceptors (Lipinski definition) is 4. The zero-order valence-corrected chi connectivity index (χ0v) is 12.1. The summed E-state index contributed by atoms with van der Waals surface area (Å²) in [7, 11) is 0. The quantitative estimate of drug-likeness (QED) is 0.247. The Labute approximate surface area is 120 Å². The third-order valence-corrected chi connectivity index (χ3v) is 2.52. The maximum Gasteiger partial charge on any atom is 0.231 e. The molecule has 0 radical (unpaired) electrons. The Bertz CT molecular complexity index is 451. The highest BCUT2D eigenvalue weighted by Gasteiger charge is 2.12. The largest absolute Gasteiger partial charge is 1.00 e. The lowest BCUT2D eigenvalue weighted by molar-refractivity contribution is -0.456. The number of rotatable bonds is 2. The molecule has 0 saturated carbocycles. The standard InChI is InChI=1S/C10H11N3O2S.HI/c1-16-10(11)13-12-5-7-2-3-8-9(4-7)15-6-14-8;/h2-5H,6H2,1H3,(H2,11,13);1H/b12-5+;. The van der Waals surface area contributed by atoms with Gasteiger partial charge in [-0.15, -0.1) is 5.10 Å². The zero-order chi connectivity index (χ0) is 11.4. The number of nitrogens with two attached hydrogens (primary N) is 1. The van der Waals surface area contributed by atoms with E-state index in [0.717, 1.165) is 17.1 Å². The van der Waals surface area contributed by atoms with Gasteiger partial charge in [0, 0.05) is 10.7 Å². The first-order valence-electron chi connectivity index (χ1n) is 4.65. The molecule has 0 atom stereocenters. The molecule has 1 aliphatic heterocycles. The van der Waals surface area contributed by atoms with Gasteiger partial charge in [0.1, 0.15) is 0 Å². The van der Waals surface area contributed by atoms with Crippen molar-refractivity contribution in [3.63, 3.8) is 0 Å². The molecule has 0 fully saturated rings. The van der Waals surface area contributed by atoms with Crippen LogP contribution in [-0.2, 0) is 0 Å². The normalized spacial score (nSPS) is 13.8. The van der Waals surface area contributed by atoms with Crippen molar-refractivity contribution >= 4 is 23.1 Å². The molecule has 1 heterocycles. The summed E-state index contributed by atoms with van der Waals surface area (Å²) in [5.41, 5.74) is 6.46. The van der Waals surface area contributed by atoms with Gasteiger partial charge in [-0.2, -0.15) is 0 Å². The van der Waals surface area contributed by atoms with Gasteiger partial charge in [-0.25, -0.2) is 0 Å². The minimum Gasteiger partial charge on any atom is -1.00 e. The second-order valence-corrected chi connectivity index (χ2v) is 3.87. The molecule has 92 valence electrons. The molecule has 5 nitrogen and oxygen atoms in total. The maximum absolute atomic E-state index is 5.51. The fourth-order valence-electron chi connectivity index (χ4n) is 1.22. The number of fused-ring (bicyclic) bond motifs is 1. The molecule has 17 heavy (non-hydrogen) atoms. The molecule has 0 amide bonds. The van der Waals surface area contributed by atoms with Crippen LogP contribution in [0.5, 0.6) is 11.5 Å². The minimum atomic E-state index is 0. The van der Waals surface area contributed by atoms with Crippen LogP contribution in [0, 0.1) is 0 Å². The van der Waals surface area contributed by atoms with Crippen molar-refractivity contribution in [2.24, 2.45) is 10.8 Å². The number of benzene rings is 1. The number of nitrogens with one attached hydrogen (secondary N) is 1. The van der Waals surface area contributed by atoms with Crippen LogP contribution in [0.1, 0.15) is 5.56 Å². The van der Waals surface area contributed by atoms with Crippen LogP contribution in [0.15, 0.2) is 23.3 Å². The number of thioether (sulfide) groups is 1. The van der Waals surface area contributed by atoms with Crippen molar-refractivity contribution in [1.82, 2.24) is 0 Å². The topological polar surface area (TPSA) is 70.8 Å². The molecule has 0 bridgehead atoms. The fourth-order valence-corrected chi connectivity index (χ4v) is 1.36. The van der Waals surface area contributed by atoms with Gasteiger partial charge in [0.15, 0.2) is 11.5 Å². The molecule has 7 heteroatoms. The SMILES string of the molecule is CS/C(N)=N\[NH+]=C\c1ccc2c(c1)OCO2.[I-]. The number of hydrogen-bond donors (Lipinski definition) is 2. The van der Waals surface area contributed by atoms with Gasteiger partial charge in [-0.05, 0) is 24.5 Å². The first-order chi connectivity index (χ1) is 7.79. The summed E-state index contributed by atoms with van der Waals surface area (Å²) in [6.45, 7) is 0.282. The smallest absolute Gasteiger partial charge is 0.231 e. The number of hydrazone groups is 1. The molecule has 3 N–H and O–H groups in total. The molecular formula is C10H12IN3O2S. The van der Waals surface area contributed by atoms with E-state index in [4.69, 9.17) is 15.2 Å². The summed E-state index contributed by atoms with van der Waals surface area (Å²) in [6, 6.07) is 5.64. The summed E-state index contributed by atoms with van der Waals surface area (Å²) in [5, 5.41) is 7.16. The molecule has 1 aromatic carbocycles. The molecular weight excluding hydrogens is 353 g/mol. The van der Waals surface area contributed by atoms with Crippen molar-refractivity contribution in [1.29, 1.82) is 0 Å². The van der Waals surface area contributed by atoms with Crippen molar-refractivity contribution in [3.05, 3.63) is 23.8 Å². The minimum absolute atomic E-state index is 0. The van der Waals surface area contributed by atoms with E-state index in [9.17, 15) is 0 Å². The summed E-state index contributed by atoms with van der Waals surface area (Å²) < 4.78 is 10.5. The van der Waals surface area contributed by atoms with Crippen LogP contribution in [0.3, 0.4) is 0 Å². The van der Waals surface area contributed by atoms with E-state index in [1.165, 1.54) is 11.8 Å². The van der Waals surface area contributed by atoms with Crippen molar-refractivity contribution in [2.75, 3.05) is 13.0 Å². The Morgan fingerprint density at radius 2 is 2.24 bits per heavy atom. The molecule has 0 unspecified atom stereocenters. The van der Waals surface area contributed by atoms with Gasteiger partial charge in [0.05, 0.1) is 0 Å². The van der Waals surface area contributed by atoms with E-state index in [1.54, 1.807) is 6.21 Å². The lowest BCUT2D eigenvalue weighted by Crippen LogP contribution is -3.00. The second kappa shape index (κ2) is 6.70. The van der Waals surface area contributed by atoms with Gasteiger partial charge in [-0.3, -0.25) is 0 Å². The first kappa shape index (κ1) is 14.1. The van der Waals surface area contributed by atoms with Gasteiger partial charge in [-0.1, -0.05) is 11.8 Å². The summed E-state index contributed by atoms with van der Waals surface area (Å²) in [4.78, 5) is 0. The Morgan fingerprint density at radius 3 is 3.00 bits per heavy atom. The van der Waals surface area contributed by atoms with Gasteiger partial charge < -0.3 is 39.2 Å². The van der Waals surface area contributed by atoms with E-state index >= 15 is 0 Å². The predicted molar refractivity (Wildman–Crippen MR) is 63.8 cm³/mol. The van der Waals surface area contributed by atoms with Crippen molar-refractivity contribution in [2.45, 2.75) is 0 Å². The monoisotopic (exact) mass is 365 g/mol. The average Bonchev–Trinajstić information content (AvgIpc) is 2.76.